The topological polar surface area (TPSA) is 40.5 Å². The molecule has 1 heterocycles. The van der Waals surface area contributed by atoms with Gasteiger partial charge in [-0.05, 0) is 49.9 Å². The minimum absolute atomic E-state index is 0. The van der Waals surface area contributed by atoms with E-state index in [9.17, 15) is 9.90 Å². The highest BCUT2D eigenvalue weighted by molar-refractivity contribution is 5.85. The Kier molecular flexibility index (Phi) is 7.03. The summed E-state index contributed by atoms with van der Waals surface area (Å²) >= 11 is 0. The van der Waals surface area contributed by atoms with Crippen molar-refractivity contribution in [1.29, 1.82) is 0 Å². The molecule has 134 valence electrons. The van der Waals surface area contributed by atoms with Crippen LogP contribution in [0.2, 0.25) is 0 Å². The molecule has 3 rings (SSSR count). The molecule has 0 bridgehead atoms. The van der Waals surface area contributed by atoms with Crippen LogP contribution in [-0.2, 0) is 17.6 Å². The van der Waals surface area contributed by atoms with E-state index in [1.165, 1.54) is 5.56 Å². The SMILES string of the molecule is Cl.O=C(O)C1(Cc2ccccc2)CCN(CCc2ccccc2)CC1. The van der Waals surface area contributed by atoms with E-state index in [1.807, 2.05) is 36.4 Å². The molecule has 2 aromatic carbocycles. The quantitative estimate of drug-likeness (QED) is 0.845. The number of aliphatic carboxylic acids is 1. The third kappa shape index (κ3) is 5.07. The number of nitrogens with zero attached hydrogens (tertiary/aromatic N) is 1. The van der Waals surface area contributed by atoms with Crippen molar-refractivity contribution in [3.63, 3.8) is 0 Å². The van der Waals surface area contributed by atoms with Crippen molar-refractivity contribution in [2.45, 2.75) is 25.7 Å². The second-order valence-electron chi connectivity index (χ2n) is 6.83. The largest absolute Gasteiger partial charge is 0.481 e. The Bertz CT molecular complexity index is 652. The first-order chi connectivity index (χ1) is 11.7. The van der Waals surface area contributed by atoms with Crippen molar-refractivity contribution in [3.05, 3.63) is 71.8 Å². The van der Waals surface area contributed by atoms with E-state index < -0.39 is 11.4 Å². The summed E-state index contributed by atoms with van der Waals surface area (Å²) in [5.74, 6) is -0.644. The van der Waals surface area contributed by atoms with Crippen LogP contribution in [0.3, 0.4) is 0 Å². The molecule has 2 aromatic rings. The maximum atomic E-state index is 11.9. The van der Waals surface area contributed by atoms with Crippen LogP contribution < -0.4 is 0 Å². The molecule has 0 saturated carbocycles. The van der Waals surface area contributed by atoms with Crippen LogP contribution in [0.4, 0.5) is 0 Å². The highest BCUT2D eigenvalue weighted by atomic mass is 35.5. The Morgan fingerprint density at radius 3 is 1.96 bits per heavy atom. The third-order valence-electron chi connectivity index (χ3n) is 5.21. The normalized spacial score (nSPS) is 16.8. The van der Waals surface area contributed by atoms with Gasteiger partial charge in [-0.2, -0.15) is 0 Å². The molecule has 1 N–H and O–H groups in total. The number of likely N-dealkylation sites (tertiary alicyclic amines) is 1. The molecular formula is C21H26ClNO2. The van der Waals surface area contributed by atoms with Crippen molar-refractivity contribution >= 4 is 18.4 Å². The molecule has 1 aliphatic rings. The zero-order chi connectivity index (χ0) is 16.8. The maximum Gasteiger partial charge on any atom is 0.310 e. The molecule has 25 heavy (non-hydrogen) atoms. The summed E-state index contributed by atoms with van der Waals surface area (Å²) in [6.07, 6.45) is 3.12. The van der Waals surface area contributed by atoms with E-state index in [-0.39, 0.29) is 12.4 Å². The Morgan fingerprint density at radius 1 is 0.920 bits per heavy atom. The van der Waals surface area contributed by atoms with Gasteiger partial charge in [0.25, 0.3) is 0 Å². The van der Waals surface area contributed by atoms with Gasteiger partial charge in [-0.25, -0.2) is 0 Å². The van der Waals surface area contributed by atoms with Gasteiger partial charge in [0.2, 0.25) is 0 Å². The summed E-state index contributed by atoms with van der Waals surface area (Å²) in [6, 6.07) is 20.5. The molecule has 3 nitrogen and oxygen atoms in total. The first-order valence-electron chi connectivity index (χ1n) is 8.72. The fourth-order valence-corrected chi connectivity index (χ4v) is 3.59. The van der Waals surface area contributed by atoms with Gasteiger partial charge in [-0.1, -0.05) is 60.7 Å². The summed E-state index contributed by atoms with van der Waals surface area (Å²) in [5, 5.41) is 9.83. The summed E-state index contributed by atoms with van der Waals surface area (Å²) in [5.41, 5.74) is 1.86. The smallest absolute Gasteiger partial charge is 0.310 e. The van der Waals surface area contributed by atoms with Gasteiger partial charge in [-0.15, -0.1) is 12.4 Å². The molecule has 1 saturated heterocycles. The van der Waals surface area contributed by atoms with Crippen LogP contribution >= 0.6 is 12.4 Å². The lowest BCUT2D eigenvalue weighted by Crippen LogP contribution is -2.46. The molecule has 0 aromatic heterocycles. The van der Waals surface area contributed by atoms with E-state index in [0.29, 0.717) is 6.42 Å². The summed E-state index contributed by atoms with van der Waals surface area (Å²) < 4.78 is 0. The molecule has 0 spiro atoms. The molecule has 1 aliphatic heterocycles. The Balaban J connectivity index is 0.00000225. The average Bonchev–Trinajstić information content (AvgIpc) is 2.63. The van der Waals surface area contributed by atoms with Gasteiger partial charge in [-0.3, -0.25) is 4.79 Å². The van der Waals surface area contributed by atoms with Crippen molar-refractivity contribution in [1.82, 2.24) is 4.90 Å². The van der Waals surface area contributed by atoms with Crippen molar-refractivity contribution in [2.24, 2.45) is 5.41 Å². The highest BCUT2D eigenvalue weighted by Gasteiger charge is 2.41. The highest BCUT2D eigenvalue weighted by Crippen LogP contribution is 2.35. The summed E-state index contributed by atoms with van der Waals surface area (Å²) in [7, 11) is 0. The third-order valence-corrected chi connectivity index (χ3v) is 5.21. The molecule has 1 fully saturated rings. The number of rotatable bonds is 6. The monoisotopic (exact) mass is 359 g/mol. The zero-order valence-electron chi connectivity index (χ0n) is 14.4. The number of hydrogen-bond acceptors (Lipinski definition) is 2. The lowest BCUT2D eigenvalue weighted by molar-refractivity contribution is -0.152. The predicted molar refractivity (Wildman–Crippen MR) is 103 cm³/mol. The van der Waals surface area contributed by atoms with E-state index in [0.717, 1.165) is 44.5 Å². The predicted octanol–water partition coefficient (Wildman–Crippen LogP) is 4.06. The van der Waals surface area contributed by atoms with Crippen LogP contribution in [0, 0.1) is 5.41 Å². The minimum atomic E-state index is -0.644. The Labute approximate surface area is 156 Å². The van der Waals surface area contributed by atoms with Crippen molar-refractivity contribution in [3.8, 4) is 0 Å². The van der Waals surface area contributed by atoms with E-state index >= 15 is 0 Å². The van der Waals surface area contributed by atoms with Gasteiger partial charge in [0.05, 0.1) is 5.41 Å². The summed E-state index contributed by atoms with van der Waals surface area (Å²) in [4.78, 5) is 14.4. The van der Waals surface area contributed by atoms with Crippen molar-refractivity contribution in [2.75, 3.05) is 19.6 Å². The number of benzene rings is 2. The maximum absolute atomic E-state index is 11.9. The van der Waals surface area contributed by atoms with Crippen LogP contribution in [0.25, 0.3) is 0 Å². The fraction of sp³-hybridized carbons (Fsp3) is 0.381. The first kappa shape index (κ1) is 19.5. The second kappa shape index (κ2) is 9.02. The van der Waals surface area contributed by atoms with Crippen LogP contribution in [0.5, 0.6) is 0 Å². The standard InChI is InChI=1S/C21H25NO2.ClH/c23-20(24)21(17-19-9-5-2-6-10-19)12-15-22(16-13-21)14-11-18-7-3-1-4-8-18;/h1-10H,11-17H2,(H,23,24);1H. The van der Waals surface area contributed by atoms with E-state index in [4.69, 9.17) is 0 Å². The number of piperidine rings is 1. The molecular weight excluding hydrogens is 334 g/mol. The lowest BCUT2D eigenvalue weighted by atomic mass is 9.74. The Morgan fingerprint density at radius 2 is 1.44 bits per heavy atom. The number of carboxylic acids is 1. The molecule has 0 atom stereocenters. The number of carboxylic acid groups (broad SMARTS) is 1. The molecule has 4 heteroatoms. The minimum Gasteiger partial charge on any atom is -0.481 e. The van der Waals surface area contributed by atoms with Crippen LogP contribution in [-0.4, -0.2) is 35.6 Å². The second-order valence-corrected chi connectivity index (χ2v) is 6.83. The fourth-order valence-electron chi connectivity index (χ4n) is 3.59. The first-order valence-corrected chi connectivity index (χ1v) is 8.72. The number of carbonyl (C=O) groups is 1. The van der Waals surface area contributed by atoms with Gasteiger partial charge in [0.1, 0.15) is 0 Å². The van der Waals surface area contributed by atoms with Gasteiger partial charge >= 0.3 is 5.97 Å². The summed E-state index contributed by atoms with van der Waals surface area (Å²) in [6.45, 7) is 2.74. The van der Waals surface area contributed by atoms with Gasteiger partial charge < -0.3 is 10.0 Å². The van der Waals surface area contributed by atoms with Gasteiger partial charge in [0, 0.05) is 6.54 Å². The average molecular weight is 360 g/mol. The molecule has 0 aliphatic carbocycles. The van der Waals surface area contributed by atoms with Gasteiger partial charge in [0.15, 0.2) is 0 Å². The van der Waals surface area contributed by atoms with Crippen molar-refractivity contribution < 1.29 is 9.90 Å². The van der Waals surface area contributed by atoms with Crippen LogP contribution in [0.15, 0.2) is 60.7 Å². The number of hydrogen-bond donors (Lipinski definition) is 1. The van der Waals surface area contributed by atoms with E-state index in [1.54, 1.807) is 0 Å². The van der Waals surface area contributed by atoms with E-state index in [2.05, 4.69) is 29.2 Å². The lowest BCUT2D eigenvalue weighted by Gasteiger charge is -2.39. The molecule has 0 amide bonds. The van der Waals surface area contributed by atoms with Crippen LogP contribution in [0.1, 0.15) is 24.0 Å². The zero-order valence-corrected chi connectivity index (χ0v) is 15.3. The molecule has 0 radical (unpaired) electrons. The Hall–Kier alpha value is -1.84. The number of halogens is 1. The molecule has 0 unspecified atom stereocenters.